The molecule has 0 aliphatic carbocycles. The second-order valence-corrected chi connectivity index (χ2v) is 2.57. The smallest absolute Gasteiger partial charge is 0.395 e. The molecule has 0 amide bonds. The highest BCUT2D eigenvalue weighted by Crippen LogP contribution is 2.43. The molecule has 0 fully saturated rings. The van der Waals surface area contributed by atoms with E-state index in [2.05, 4.69) is 9.47 Å². The lowest BCUT2D eigenvalue weighted by atomic mass is 10.2. The SMILES string of the molecule is O=C(F)c1cccc2c1OC(F)(F)O2. The van der Waals surface area contributed by atoms with Crippen molar-refractivity contribution < 1.29 is 27.4 Å². The summed E-state index contributed by atoms with van der Waals surface area (Å²) >= 11 is 0. The molecule has 6 heteroatoms. The summed E-state index contributed by atoms with van der Waals surface area (Å²) in [6.45, 7) is 0. The van der Waals surface area contributed by atoms with Crippen LogP contribution in [0.3, 0.4) is 0 Å². The predicted octanol–water partition coefficient (Wildman–Crippen LogP) is 2.12. The number of hydrogen-bond acceptors (Lipinski definition) is 3. The maximum atomic E-state index is 12.5. The number of ether oxygens (including phenoxy) is 2. The van der Waals surface area contributed by atoms with Gasteiger partial charge in [-0.3, -0.25) is 4.79 Å². The molecule has 74 valence electrons. The van der Waals surface area contributed by atoms with Crippen molar-refractivity contribution in [2.24, 2.45) is 0 Å². The zero-order valence-electron chi connectivity index (χ0n) is 6.59. The van der Waals surface area contributed by atoms with E-state index in [4.69, 9.17) is 0 Å². The number of alkyl halides is 2. The first-order chi connectivity index (χ1) is 6.49. The van der Waals surface area contributed by atoms with Crippen molar-refractivity contribution in [3.63, 3.8) is 0 Å². The Morgan fingerprint density at radius 3 is 2.64 bits per heavy atom. The van der Waals surface area contributed by atoms with Gasteiger partial charge in [-0.25, -0.2) is 0 Å². The van der Waals surface area contributed by atoms with Crippen molar-refractivity contribution in [3.8, 4) is 11.5 Å². The predicted molar refractivity (Wildman–Crippen MR) is 38.1 cm³/mol. The molecule has 0 N–H and O–H groups in total. The van der Waals surface area contributed by atoms with E-state index in [1.54, 1.807) is 0 Å². The second-order valence-electron chi connectivity index (χ2n) is 2.57. The van der Waals surface area contributed by atoms with E-state index >= 15 is 0 Å². The third kappa shape index (κ3) is 1.28. The van der Waals surface area contributed by atoms with Gasteiger partial charge < -0.3 is 9.47 Å². The maximum Gasteiger partial charge on any atom is 0.586 e. The molecule has 1 aliphatic rings. The third-order valence-corrected chi connectivity index (χ3v) is 1.64. The molecule has 0 unspecified atom stereocenters. The van der Waals surface area contributed by atoms with Gasteiger partial charge >= 0.3 is 12.3 Å². The van der Waals surface area contributed by atoms with Crippen LogP contribution in [0.1, 0.15) is 10.4 Å². The fraction of sp³-hybridized carbons (Fsp3) is 0.125. The molecular formula is C8H3F3O3. The molecule has 1 aromatic carbocycles. The highest BCUT2D eigenvalue weighted by Gasteiger charge is 2.45. The van der Waals surface area contributed by atoms with E-state index in [-0.39, 0.29) is 5.75 Å². The van der Waals surface area contributed by atoms with Crippen molar-refractivity contribution in [2.45, 2.75) is 6.29 Å². The lowest BCUT2D eigenvalue weighted by Gasteiger charge is -2.04. The van der Waals surface area contributed by atoms with E-state index < -0.39 is 23.6 Å². The Kier molecular flexibility index (Phi) is 1.67. The molecule has 14 heavy (non-hydrogen) atoms. The van der Waals surface area contributed by atoms with Gasteiger partial charge in [0.25, 0.3) is 0 Å². The van der Waals surface area contributed by atoms with Crippen molar-refractivity contribution >= 4 is 6.04 Å². The van der Waals surface area contributed by atoms with Gasteiger partial charge in [-0.2, -0.15) is 4.39 Å². The summed E-state index contributed by atoms with van der Waals surface area (Å²) in [5.41, 5.74) is -0.570. The average Bonchev–Trinajstić information content (AvgIpc) is 2.36. The fourth-order valence-corrected chi connectivity index (χ4v) is 1.12. The second kappa shape index (κ2) is 2.63. The van der Waals surface area contributed by atoms with Crippen LogP contribution < -0.4 is 9.47 Å². The Morgan fingerprint density at radius 1 is 1.29 bits per heavy atom. The number of carbonyl (C=O) groups excluding carboxylic acids is 1. The Bertz CT molecular complexity index is 403. The minimum absolute atomic E-state index is 0.349. The summed E-state index contributed by atoms with van der Waals surface area (Å²) in [6.07, 6.45) is -3.84. The van der Waals surface area contributed by atoms with Crippen LogP contribution in [0.25, 0.3) is 0 Å². The van der Waals surface area contributed by atoms with E-state index in [0.29, 0.717) is 0 Å². The van der Waals surface area contributed by atoms with Crippen LogP contribution >= 0.6 is 0 Å². The molecule has 0 saturated heterocycles. The van der Waals surface area contributed by atoms with Crippen LogP contribution in [-0.4, -0.2) is 12.3 Å². The number of benzene rings is 1. The molecule has 0 saturated carbocycles. The topological polar surface area (TPSA) is 35.5 Å². The normalized spacial score (nSPS) is 16.8. The molecular weight excluding hydrogens is 201 g/mol. The summed E-state index contributed by atoms with van der Waals surface area (Å²) in [5, 5.41) is 0. The zero-order valence-corrected chi connectivity index (χ0v) is 6.59. The summed E-state index contributed by atoms with van der Waals surface area (Å²) < 4.78 is 45.3. The zero-order chi connectivity index (χ0) is 10.3. The van der Waals surface area contributed by atoms with Gasteiger partial charge in [0, 0.05) is 0 Å². The van der Waals surface area contributed by atoms with Crippen molar-refractivity contribution in [3.05, 3.63) is 23.8 Å². The number of fused-ring (bicyclic) bond motifs is 1. The Balaban J connectivity index is 2.52. The van der Waals surface area contributed by atoms with Gasteiger partial charge in [0.15, 0.2) is 11.5 Å². The first kappa shape index (κ1) is 8.86. The van der Waals surface area contributed by atoms with E-state index in [0.717, 1.165) is 12.1 Å². The first-order valence-electron chi connectivity index (χ1n) is 3.58. The number of halogens is 3. The van der Waals surface area contributed by atoms with Crippen LogP contribution in [0.2, 0.25) is 0 Å². The van der Waals surface area contributed by atoms with Gasteiger partial charge in [-0.15, -0.1) is 8.78 Å². The minimum atomic E-state index is -3.84. The van der Waals surface area contributed by atoms with E-state index in [1.165, 1.54) is 6.07 Å². The summed E-state index contributed by atoms with van der Waals surface area (Å²) in [6, 6.07) is 1.56. The van der Waals surface area contributed by atoms with Crippen molar-refractivity contribution in [1.29, 1.82) is 0 Å². The quantitative estimate of drug-likeness (QED) is 0.657. The Morgan fingerprint density at radius 2 is 2.00 bits per heavy atom. The molecule has 0 aromatic heterocycles. The number of para-hydroxylation sites is 1. The van der Waals surface area contributed by atoms with Crippen LogP contribution in [-0.2, 0) is 0 Å². The molecule has 1 aromatic rings. The maximum absolute atomic E-state index is 12.5. The molecule has 1 aliphatic heterocycles. The fourth-order valence-electron chi connectivity index (χ4n) is 1.12. The van der Waals surface area contributed by atoms with Crippen LogP contribution in [0, 0.1) is 0 Å². The lowest BCUT2D eigenvalue weighted by Crippen LogP contribution is -2.26. The van der Waals surface area contributed by atoms with Gasteiger partial charge in [0.2, 0.25) is 0 Å². The molecule has 1 heterocycles. The average molecular weight is 204 g/mol. The number of hydrogen-bond donors (Lipinski definition) is 0. The van der Waals surface area contributed by atoms with Crippen LogP contribution in [0.5, 0.6) is 11.5 Å². The lowest BCUT2D eigenvalue weighted by molar-refractivity contribution is -0.286. The van der Waals surface area contributed by atoms with Gasteiger partial charge in [0.05, 0.1) is 5.56 Å². The number of carbonyl (C=O) groups is 1. The van der Waals surface area contributed by atoms with Gasteiger partial charge in [0.1, 0.15) is 0 Å². The van der Waals surface area contributed by atoms with Crippen LogP contribution in [0.4, 0.5) is 13.2 Å². The first-order valence-corrected chi connectivity index (χ1v) is 3.58. The van der Waals surface area contributed by atoms with E-state index in [1.807, 2.05) is 0 Å². The summed E-state index contributed by atoms with van der Waals surface area (Å²) in [5.74, 6) is -0.913. The molecule has 0 atom stereocenters. The molecule has 2 rings (SSSR count). The molecule has 0 radical (unpaired) electrons. The van der Waals surface area contributed by atoms with Gasteiger partial charge in [-0.1, -0.05) is 6.07 Å². The standard InChI is InChI=1S/C8H3F3O3/c9-7(12)4-2-1-3-5-6(4)14-8(10,11)13-5/h1-3H. The Labute approximate surface area is 76.0 Å². The third-order valence-electron chi connectivity index (χ3n) is 1.64. The summed E-state index contributed by atoms with van der Waals surface area (Å²) in [4.78, 5) is 10.4. The molecule has 3 nitrogen and oxygen atoms in total. The van der Waals surface area contributed by atoms with E-state index in [9.17, 15) is 18.0 Å². The Hall–Kier alpha value is -1.72. The van der Waals surface area contributed by atoms with Crippen molar-refractivity contribution in [2.75, 3.05) is 0 Å². The van der Waals surface area contributed by atoms with Crippen molar-refractivity contribution in [1.82, 2.24) is 0 Å². The summed E-state index contributed by atoms with van der Waals surface area (Å²) in [7, 11) is 0. The van der Waals surface area contributed by atoms with Gasteiger partial charge in [-0.05, 0) is 12.1 Å². The molecule has 0 bridgehead atoms. The molecule has 0 spiro atoms. The largest absolute Gasteiger partial charge is 0.586 e. The van der Waals surface area contributed by atoms with Crippen LogP contribution in [0.15, 0.2) is 18.2 Å². The highest BCUT2D eigenvalue weighted by atomic mass is 19.3. The number of rotatable bonds is 1. The minimum Gasteiger partial charge on any atom is -0.395 e. The monoisotopic (exact) mass is 204 g/mol. The highest BCUT2D eigenvalue weighted by molar-refractivity contribution is 5.92.